The largest absolute Gasteiger partial charge is 0.480 e. The number of halogens is 2. The smallest absolute Gasteiger partial charge is 0.272 e. The highest BCUT2D eigenvalue weighted by Gasteiger charge is 2.17. The Kier molecular flexibility index (Phi) is 8.10. The van der Waals surface area contributed by atoms with E-state index in [4.69, 9.17) is 9.47 Å². The number of nitrogens with zero attached hydrogens (tertiary/aromatic N) is 4. The van der Waals surface area contributed by atoms with Crippen molar-refractivity contribution in [2.24, 2.45) is 7.05 Å². The fourth-order valence-corrected chi connectivity index (χ4v) is 3.85. The van der Waals surface area contributed by atoms with Crippen LogP contribution >= 0.6 is 11.9 Å². The molecule has 0 saturated heterocycles. The van der Waals surface area contributed by atoms with Gasteiger partial charge < -0.3 is 19.0 Å². The zero-order valence-electron chi connectivity index (χ0n) is 19.0. The van der Waals surface area contributed by atoms with E-state index in [1.54, 1.807) is 13.1 Å². The van der Waals surface area contributed by atoms with Gasteiger partial charge in [0.25, 0.3) is 12.3 Å². The molecule has 0 atom stereocenters. The Morgan fingerprint density at radius 3 is 2.70 bits per heavy atom. The molecule has 0 saturated carbocycles. The minimum absolute atomic E-state index is 0.0900. The number of fused-ring (bicyclic) bond motifs is 1. The summed E-state index contributed by atoms with van der Waals surface area (Å²) in [5, 5.41) is 1.01. The van der Waals surface area contributed by atoms with Crippen LogP contribution < -0.4 is 14.2 Å². The van der Waals surface area contributed by atoms with Gasteiger partial charge in [0.2, 0.25) is 11.7 Å². The van der Waals surface area contributed by atoms with Crippen LogP contribution in [0.1, 0.15) is 19.5 Å². The molecular weight excluding hydrogens is 450 g/mol. The number of aromatic amines is 1. The molecule has 0 amide bonds. The standard InChI is InChI=1S/C20H20F2N6O2S.C2H6/c1-11-17(30-10-15(21)22)19(29-3)26-20(25-11)27-31-14-9-24-16-12(14)5-4-6-13(16)18-23-7-8-28(18)2;1-2/h4-9,15,24H,10H2,1-3H3,(H,25,26,27);1-2H3. The number of methoxy groups -OCH3 is 1. The third kappa shape index (κ3) is 5.36. The summed E-state index contributed by atoms with van der Waals surface area (Å²) in [6, 6.07) is 6.00. The van der Waals surface area contributed by atoms with Gasteiger partial charge in [-0.15, -0.1) is 0 Å². The Labute approximate surface area is 194 Å². The van der Waals surface area contributed by atoms with Gasteiger partial charge in [0.1, 0.15) is 12.4 Å². The van der Waals surface area contributed by atoms with Gasteiger partial charge in [0, 0.05) is 36.6 Å². The quantitative estimate of drug-likeness (QED) is 0.326. The van der Waals surface area contributed by atoms with Crippen LogP contribution in [0.25, 0.3) is 22.3 Å². The maximum absolute atomic E-state index is 12.5. The molecular formula is C22H26F2N6O2S. The molecule has 0 aliphatic carbocycles. The normalized spacial score (nSPS) is 10.8. The highest BCUT2D eigenvalue weighted by Crippen LogP contribution is 2.35. The number of hydrogen-bond acceptors (Lipinski definition) is 7. The zero-order chi connectivity index (χ0) is 24.0. The first-order valence-electron chi connectivity index (χ1n) is 10.3. The second-order valence-electron chi connectivity index (χ2n) is 6.62. The number of anilines is 1. The Hall–Kier alpha value is -3.34. The molecule has 8 nitrogen and oxygen atoms in total. The van der Waals surface area contributed by atoms with E-state index in [0.29, 0.717) is 5.69 Å². The van der Waals surface area contributed by atoms with Gasteiger partial charge in [-0.25, -0.2) is 18.7 Å². The number of para-hydroxylation sites is 1. The molecule has 4 rings (SSSR count). The first-order chi connectivity index (χ1) is 16.0. The van der Waals surface area contributed by atoms with E-state index >= 15 is 0 Å². The monoisotopic (exact) mass is 476 g/mol. The maximum Gasteiger partial charge on any atom is 0.272 e. The molecule has 0 bridgehead atoms. The van der Waals surface area contributed by atoms with Crippen LogP contribution in [0.5, 0.6) is 11.6 Å². The van der Waals surface area contributed by atoms with Crippen molar-refractivity contribution in [3.05, 3.63) is 42.5 Å². The molecule has 0 aliphatic heterocycles. The predicted molar refractivity (Wildman–Crippen MR) is 126 cm³/mol. The van der Waals surface area contributed by atoms with E-state index in [-0.39, 0.29) is 17.6 Å². The van der Waals surface area contributed by atoms with Crippen LogP contribution in [0, 0.1) is 6.92 Å². The lowest BCUT2D eigenvalue weighted by Crippen LogP contribution is -2.11. The topological polar surface area (TPSA) is 89.9 Å². The number of nitrogens with one attached hydrogen (secondary N) is 2. The molecule has 4 aromatic rings. The van der Waals surface area contributed by atoms with Crippen molar-refractivity contribution in [3.8, 4) is 23.0 Å². The summed E-state index contributed by atoms with van der Waals surface area (Å²) in [7, 11) is 3.34. The second kappa shape index (κ2) is 11.0. The van der Waals surface area contributed by atoms with Crippen molar-refractivity contribution in [3.63, 3.8) is 0 Å². The summed E-state index contributed by atoms with van der Waals surface area (Å²) < 4.78 is 40.3. The first-order valence-corrected chi connectivity index (χ1v) is 11.1. The van der Waals surface area contributed by atoms with Crippen LogP contribution in [0.3, 0.4) is 0 Å². The van der Waals surface area contributed by atoms with E-state index in [9.17, 15) is 8.78 Å². The Balaban J connectivity index is 0.00000149. The summed E-state index contributed by atoms with van der Waals surface area (Å²) in [5.74, 6) is 1.33. The number of rotatable bonds is 8. The average molecular weight is 477 g/mol. The summed E-state index contributed by atoms with van der Waals surface area (Å²) in [6.45, 7) is 4.89. The molecule has 3 heterocycles. The summed E-state index contributed by atoms with van der Waals surface area (Å²) in [4.78, 5) is 17.2. The van der Waals surface area contributed by atoms with Crippen molar-refractivity contribution in [1.82, 2.24) is 24.5 Å². The summed E-state index contributed by atoms with van der Waals surface area (Å²) in [5.41, 5.74) is 2.35. The molecule has 1 aromatic carbocycles. The molecule has 0 unspecified atom stereocenters. The number of aromatic nitrogens is 5. The van der Waals surface area contributed by atoms with Crippen LogP contribution in [-0.2, 0) is 7.05 Å². The number of aryl methyl sites for hydroxylation is 2. The predicted octanol–water partition coefficient (Wildman–Crippen LogP) is 5.46. The Morgan fingerprint density at radius 2 is 2.03 bits per heavy atom. The lowest BCUT2D eigenvalue weighted by atomic mass is 10.1. The molecule has 11 heteroatoms. The van der Waals surface area contributed by atoms with Crippen LogP contribution in [0.4, 0.5) is 14.7 Å². The molecule has 0 spiro atoms. The molecule has 0 aliphatic rings. The zero-order valence-corrected chi connectivity index (χ0v) is 19.8. The highest BCUT2D eigenvalue weighted by atomic mass is 32.2. The Bertz CT molecular complexity index is 1210. The van der Waals surface area contributed by atoms with Gasteiger partial charge in [-0.2, -0.15) is 4.98 Å². The van der Waals surface area contributed by atoms with Gasteiger partial charge in [-0.05, 0) is 24.9 Å². The molecule has 176 valence electrons. The van der Waals surface area contributed by atoms with E-state index in [1.807, 2.05) is 56.1 Å². The van der Waals surface area contributed by atoms with Crippen molar-refractivity contribution in [1.29, 1.82) is 0 Å². The highest BCUT2D eigenvalue weighted by molar-refractivity contribution is 8.00. The van der Waals surface area contributed by atoms with E-state index < -0.39 is 13.0 Å². The van der Waals surface area contributed by atoms with Gasteiger partial charge in [-0.1, -0.05) is 26.0 Å². The molecule has 0 fully saturated rings. The SMILES string of the molecule is CC.COc1nc(NSc2c[nH]c3c(-c4nccn4C)cccc23)nc(C)c1OCC(F)F. The molecule has 3 aromatic heterocycles. The van der Waals surface area contributed by atoms with Crippen molar-refractivity contribution < 1.29 is 18.3 Å². The third-order valence-electron chi connectivity index (χ3n) is 4.54. The average Bonchev–Trinajstić information content (AvgIpc) is 3.43. The molecule has 33 heavy (non-hydrogen) atoms. The van der Waals surface area contributed by atoms with Crippen LogP contribution in [-0.4, -0.2) is 44.6 Å². The minimum atomic E-state index is -2.60. The van der Waals surface area contributed by atoms with Crippen molar-refractivity contribution in [2.45, 2.75) is 32.1 Å². The number of imidazole rings is 1. The van der Waals surface area contributed by atoms with Gasteiger partial charge in [0.05, 0.1) is 23.2 Å². The number of H-pyrrole nitrogens is 1. The van der Waals surface area contributed by atoms with Crippen LogP contribution in [0.2, 0.25) is 0 Å². The number of benzene rings is 1. The van der Waals surface area contributed by atoms with E-state index in [1.165, 1.54) is 19.1 Å². The summed E-state index contributed by atoms with van der Waals surface area (Å²) >= 11 is 1.32. The van der Waals surface area contributed by atoms with E-state index in [0.717, 1.165) is 27.2 Å². The minimum Gasteiger partial charge on any atom is -0.480 e. The number of alkyl halides is 2. The number of hydrogen-bond donors (Lipinski definition) is 2. The molecule has 2 N–H and O–H groups in total. The van der Waals surface area contributed by atoms with Gasteiger partial charge in [-0.3, -0.25) is 4.72 Å². The number of ether oxygens (including phenoxy) is 2. The van der Waals surface area contributed by atoms with E-state index in [2.05, 4.69) is 24.7 Å². The van der Waals surface area contributed by atoms with Crippen molar-refractivity contribution >= 4 is 28.8 Å². The third-order valence-corrected chi connectivity index (χ3v) is 5.39. The molecule has 0 radical (unpaired) electrons. The van der Waals surface area contributed by atoms with Crippen molar-refractivity contribution in [2.75, 3.05) is 18.4 Å². The fourth-order valence-electron chi connectivity index (χ4n) is 3.16. The second-order valence-corrected chi connectivity index (χ2v) is 7.47. The first kappa shape index (κ1) is 24.3. The fraction of sp³-hybridized carbons (Fsp3) is 0.318. The lowest BCUT2D eigenvalue weighted by Gasteiger charge is -2.13. The Morgan fingerprint density at radius 1 is 1.24 bits per heavy atom. The van der Waals surface area contributed by atoms with Crippen LogP contribution in [0.15, 0.2) is 41.7 Å². The maximum atomic E-state index is 12.5. The summed E-state index contributed by atoms with van der Waals surface area (Å²) in [6.07, 6.45) is 2.94. The van der Waals surface area contributed by atoms with Gasteiger partial charge in [0.15, 0.2) is 0 Å². The lowest BCUT2D eigenvalue weighted by molar-refractivity contribution is 0.0795. The van der Waals surface area contributed by atoms with Gasteiger partial charge >= 0.3 is 0 Å².